The molecule has 0 aliphatic carbocycles. The van der Waals surface area contributed by atoms with Crippen molar-refractivity contribution >= 4 is 40.0 Å². The summed E-state index contributed by atoms with van der Waals surface area (Å²) in [5, 5.41) is 5.31. The molecule has 0 saturated carbocycles. The van der Waals surface area contributed by atoms with Gasteiger partial charge in [-0.25, -0.2) is 9.37 Å². The number of aromatic nitrogens is 2. The van der Waals surface area contributed by atoms with E-state index in [1.165, 1.54) is 12.1 Å². The van der Waals surface area contributed by atoms with E-state index in [4.69, 9.17) is 0 Å². The lowest BCUT2D eigenvalue weighted by molar-refractivity contribution is -0.141. The van der Waals surface area contributed by atoms with Crippen molar-refractivity contribution in [1.29, 1.82) is 0 Å². The first-order valence-corrected chi connectivity index (χ1v) is 8.30. The van der Waals surface area contributed by atoms with Crippen LogP contribution in [-0.4, -0.2) is 42.1 Å². The SMILES string of the molecule is CN(C)CCNc1nc(Nc2ccc(I)cc2F)cc(C(F)(F)F)n1. The fourth-order valence-electron chi connectivity index (χ4n) is 1.86. The summed E-state index contributed by atoms with van der Waals surface area (Å²) in [6, 6.07) is 5.08. The van der Waals surface area contributed by atoms with Gasteiger partial charge in [-0.3, -0.25) is 0 Å². The zero-order chi connectivity index (χ0) is 18.6. The average Bonchev–Trinajstić information content (AvgIpc) is 2.49. The van der Waals surface area contributed by atoms with E-state index in [0.717, 1.165) is 6.07 Å². The number of hydrogen-bond donors (Lipinski definition) is 2. The van der Waals surface area contributed by atoms with Crippen LogP contribution in [0.5, 0.6) is 0 Å². The Morgan fingerprint density at radius 3 is 2.48 bits per heavy atom. The molecule has 5 nitrogen and oxygen atoms in total. The van der Waals surface area contributed by atoms with Crippen molar-refractivity contribution < 1.29 is 17.6 Å². The molecule has 25 heavy (non-hydrogen) atoms. The van der Waals surface area contributed by atoms with Crippen molar-refractivity contribution in [1.82, 2.24) is 14.9 Å². The summed E-state index contributed by atoms with van der Waals surface area (Å²) < 4.78 is 53.7. The van der Waals surface area contributed by atoms with E-state index in [2.05, 4.69) is 20.6 Å². The van der Waals surface area contributed by atoms with Crippen LogP contribution in [0.4, 0.5) is 35.0 Å². The second-order valence-electron chi connectivity index (χ2n) is 5.44. The zero-order valence-corrected chi connectivity index (χ0v) is 15.6. The molecule has 2 aromatic rings. The highest BCUT2D eigenvalue weighted by Gasteiger charge is 2.33. The maximum atomic E-state index is 13.9. The fourth-order valence-corrected chi connectivity index (χ4v) is 2.31. The van der Waals surface area contributed by atoms with Crippen LogP contribution in [0.1, 0.15) is 5.69 Å². The van der Waals surface area contributed by atoms with Crippen LogP contribution in [0.2, 0.25) is 0 Å². The van der Waals surface area contributed by atoms with Gasteiger partial charge >= 0.3 is 6.18 Å². The van der Waals surface area contributed by atoms with Crippen LogP contribution in [-0.2, 0) is 6.18 Å². The number of likely N-dealkylation sites (N-methyl/N-ethyl adjacent to an activating group) is 1. The van der Waals surface area contributed by atoms with Gasteiger partial charge in [0.25, 0.3) is 0 Å². The molecule has 1 heterocycles. The van der Waals surface area contributed by atoms with Gasteiger partial charge < -0.3 is 15.5 Å². The molecule has 1 aromatic carbocycles. The highest BCUT2D eigenvalue weighted by molar-refractivity contribution is 14.1. The summed E-state index contributed by atoms with van der Waals surface area (Å²) in [6.07, 6.45) is -4.64. The molecule has 0 spiro atoms. The second-order valence-corrected chi connectivity index (χ2v) is 6.68. The maximum absolute atomic E-state index is 13.9. The van der Waals surface area contributed by atoms with Crippen molar-refractivity contribution in [2.75, 3.05) is 37.8 Å². The number of rotatable bonds is 6. The largest absolute Gasteiger partial charge is 0.433 e. The molecule has 2 rings (SSSR count). The van der Waals surface area contributed by atoms with Crippen LogP contribution in [0, 0.1) is 9.39 Å². The molecular formula is C15H16F4IN5. The predicted molar refractivity (Wildman–Crippen MR) is 96.5 cm³/mol. The summed E-state index contributed by atoms with van der Waals surface area (Å²) >= 11 is 1.94. The Kier molecular flexibility index (Phi) is 6.38. The lowest BCUT2D eigenvalue weighted by Crippen LogP contribution is -2.22. The van der Waals surface area contributed by atoms with Gasteiger partial charge in [0.05, 0.1) is 5.69 Å². The van der Waals surface area contributed by atoms with E-state index in [1.54, 1.807) is 6.07 Å². The molecule has 0 amide bonds. The number of benzene rings is 1. The molecular weight excluding hydrogens is 453 g/mol. The van der Waals surface area contributed by atoms with E-state index >= 15 is 0 Å². The summed E-state index contributed by atoms with van der Waals surface area (Å²) in [4.78, 5) is 9.32. The smallest absolute Gasteiger partial charge is 0.353 e. The fraction of sp³-hybridized carbons (Fsp3) is 0.333. The van der Waals surface area contributed by atoms with E-state index in [0.29, 0.717) is 16.7 Å². The van der Waals surface area contributed by atoms with Crippen molar-refractivity contribution in [3.05, 3.63) is 39.3 Å². The highest BCUT2D eigenvalue weighted by atomic mass is 127. The van der Waals surface area contributed by atoms with Crippen molar-refractivity contribution in [2.24, 2.45) is 0 Å². The lowest BCUT2D eigenvalue weighted by atomic mass is 10.3. The van der Waals surface area contributed by atoms with E-state index in [-0.39, 0.29) is 17.5 Å². The first kappa shape index (κ1) is 19.6. The normalized spacial score (nSPS) is 11.7. The first-order valence-electron chi connectivity index (χ1n) is 7.22. The van der Waals surface area contributed by atoms with E-state index in [1.807, 2.05) is 41.6 Å². The molecule has 1 aromatic heterocycles. The molecule has 0 atom stereocenters. The molecule has 0 radical (unpaired) electrons. The second kappa shape index (κ2) is 8.13. The molecule has 0 fully saturated rings. The zero-order valence-electron chi connectivity index (χ0n) is 13.5. The Morgan fingerprint density at radius 2 is 1.88 bits per heavy atom. The lowest BCUT2D eigenvalue weighted by Gasteiger charge is -2.14. The third-order valence-corrected chi connectivity index (χ3v) is 3.72. The van der Waals surface area contributed by atoms with Crippen molar-refractivity contribution in [3.63, 3.8) is 0 Å². The van der Waals surface area contributed by atoms with E-state index in [9.17, 15) is 17.6 Å². The maximum Gasteiger partial charge on any atom is 0.433 e. The van der Waals surface area contributed by atoms with Gasteiger partial charge in [-0.15, -0.1) is 0 Å². The Hall–Kier alpha value is -1.69. The molecule has 0 unspecified atom stereocenters. The van der Waals surface area contributed by atoms with Crippen LogP contribution in [0.25, 0.3) is 0 Å². The van der Waals surface area contributed by atoms with Gasteiger partial charge in [-0.05, 0) is 54.9 Å². The minimum Gasteiger partial charge on any atom is -0.353 e. The molecule has 10 heteroatoms. The van der Waals surface area contributed by atoms with Crippen LogP contribution >= 0.6 is 22.6 Å². The quantitative estimate of drug-likeness (QED) is 0.496. The third kappa shape index (κ3) is 5.96. The van der Waals surface area contributed by atoms with Crippen molar-refractivity contribution in [2.45, 2.75) is 6.18 Å². The van der Waals surface area contributed by atoms with Gasteiger partial charge in [0, 0.05) is 22.7 Å². The molecule has 136 valence electrons. The Balaban J connectivity index is 2.29. The summed E-state index contributed by atoms with van der Waals surface area (Å²) in [5.41, 5.74) is -1.07. The van der Waals surface area contributed by atoms with Crippen LogP contribution < -0.4 is 10.6 Å². The first-order chi connectivity index (χ1) is 11.6. The standard InChI is InChI=1S/C15H16F4IN5/c1-25(2)6-5-21-14-23-12(15(17,18)19)8-13(24-14)22-11-4-3-9(20)7-10(11)16/h3-4,7-8H,5-6H2,1-2H3,(H2,21,22,23,24). The highest BCUT2D eigenvalue weighted by Crippen LogP contribution is 2.31. The molecule has 0 saturated heterocycles. The van der Waals surface area contributed by atoms with Crippen LogP contribution in [0.3, 0.4) is 0 Å². The Labute approximate surface area is 156 Å². The summed E-state index contributed by atoms with van der Waals surface area (Å²) in [7, 11) is 3.67. The topological polar surface area (TPSA) is 53.1 Å². The minimum atomic E-state index is -4.64. The number of alkyl halides is 3. The minimum absolute atomic E-state index is 0.0338. The molecule has 0 aliphatic rings. The van der Waals surface area contributed by atoms with E-state index < -0.39 is 17.7 Å². The molecule has 0 bridgehead atoms. The number of nitrogens with zero attached hydrogens (tertiary/aromatic N) is 3. The Bertz CT molecular complexity index is 736. The summed E-state index contributed by atoms with van der Waals surface area (Å²) in [5.74, 6) is -0.902. The van der Waals surface area contributed by atoms with Crippen LogP contribution in [0.15, 0.2) is 24.3 Å². The monoisotopic (exact) mass is 469 g/mol. The van der Waals surface area contributed by atoms with Gasteiger partial charge in [0.2, 0.25) is 5.95 Å². The third-order valence-electron chi connectivity index (χ3n) is 3.05. The number of nitrogens with one attached hydrogen (secondary N) is 2. The van der Waals surface area contributed by atoms with Gasteiger partial charge in [-0.1, -0.05) is 0 Å². The number of anilines is 3. The van der Waals surface area contributed by atoms with Crippen molar-refractivity contribution in [3.8, 4) is 0 Å². The Morgan fingerprint density at radius 1 is 1.16 bits per heavy atom. The van der Waals surface area contributed by atoms with Gasteiger partial charge in [0.1, 0.15) is 11.6 Å². The predicted octanol–water partition coefficient (Wildman–Crippen LogP) is 3.96. The summed E-state index contributed by atoms with van der Waals surface area (Å²) in [6.45, 7) is 0.958. The van der Waals surface area contributed by atoms with Gasteiger partial charge in [0.15, 0.2) is 5.69 Å². The van der Waals surface area contributed by atoms with Gasteiger partial charge in [-0.2, -0.15) is 18.2 Å². The number of hydrogen-bond acceptors (Lipinski definition) is 5. The average molecular weight is 469 g/mol. The molecule has 0 aliphatic heterocycles. The number of halogens is 5. The molecule has 2 N–H and O–H groups in total.